The second-order valence-electron chi connectivity index (χ2n) is 3.00. The summed E-state index contributed by atoms with van der Waals surface area (Å²) < 4.78 is 0.219. The van der Waals surface area contributed by atoms with Gasteiger partial charge in [-0.25, -0.2) is 9.78 Å². The van der Waals surface area contributed by atoms with E-state index in [0.717, 1.165) is 0 Å². The molecule has 0 aromatic carbocycles. The highest BCUT2D eigenvalue weighted by atomic mass is 32.1. The summed E-state index contributed by atoms with van der Waals surface area (Å²) in [5.74, 6) is -0.726. The SMILES string of the molecule is O=C(O)c1cc(=S)nc(-c2ccccn2)[nH]1. The second-order valence-corrected chi connectivity index (χ2v) is 3.42. The second kappa shape index (κ2) is 4.19. The van der Waals surface area contributed by atoms with E-state index in [1.54, 1.807) is 24.4 Å². The minimum absolute atomic E-state index is 0.000605. The molecule has 0 spiro atoms. The third-order valence-corrected chi connectivity index (χ3v) is 2.09. The van der Waals surface area contributed by atoms with Crippen LogP contribution in [0, 0.1) is 4.64 Å². The largest absolute Gasteiger partial charge is 0.477 e. The van der Waals surface area contributed by atoms with Crippen LogP contribution in [0.2, 0.25) is 0 Å². The summed E-state index contributed by atoms with van der Waals surface area (Å²) in [6.07, 6.45) is 1.60. The number of carboxylic acids is 1. The van der Waals surface area contributed by atoms with Crippen LogP contribution in [0.15, 0.2) is 30.5 Å². The van der Waals surface area contributed by atoms with E-state index < -0.39 is 5.97 Å². The fourth-order valence-electron chi connectivity index (χ4n) is 1.20. The molecule has 0 fully saturated rings. The standard InChI is InChI=1S/C10H7N3O2S/c14-10(15)7-5-8(16)13-9(12-7)6-3-1-2-4-11-6/h1-5H,(H,14,15)(H,12,13,16). The van der Waals surface area contributed by atoms with Gasteiger partial charge in [0.25, 0.3) is 0 Å². The lowest BCUT2D eigenvalue weighted by atomic mass is 10.3. The molecule has 0 amide bonds. The van der Waals surface area contributed by atoms with E-state index in [2.05, 4.69) is 15.0 Å². The van der Waals surface area contributed by atoms with E-state index >= 15 is 0 Å². The van der Waals surface area contributed by atoms with Gasteiger partial charge in [-0.05, 0) is 12.1 Å². The van der Waals surface area contributed by atoms with Crippen LogP contribution in [0.3, 0.4) is 0 Å². The molecule has 0 aliphatic rings. The lowest BCUT2D eigenvalue weighted by molar-refractivity contribution is 0.0690. The Kier molecular flexibility index (Phi) is 2.74. The summed E-state index contributed by atoms with van der Waals surface area (Å²) in [5.41, 5.74) is 0.553. The van der Waals surface area contributed by atoms with Crippen LogP contribution in [0.5, 0.6) is 0 Å². The molecule has 0 aliphatic heterocycles. The van der Waals surface area contributed by atoms with Crippen LogP contribution in [-0.2, 0) is 0 Å². The first-order valence-electron chi connectivity index (χ1n) is 4.43. The molecule has 2 N–H and O–H groups in total. The van der Waals surface area contributed by atoms with E-state index in [1.807, 2.05) is 0 Å². The third-order valence-electron chi connectivity index (χ3n) is 1.88. The maximum absolute atomic E-state index is 10.8. The minimum atomic E-state index is -1.08. The molecule has 0 atom stereocenters. The van der Waals surface area contributed by atoms with Crippen molar-refractivity contribution >= 4 is 18.2 Å². The van der Waals surface area contributed by atoms with Gasteiger partial charge in [0.05, 0.1) is 0 Å². The van der Waals surface area contributed by atoms with Crippen molar-refractivity contribution in [2.45, 2.75) is 0 Å². The summed E-state index contributed by atoms with van der Waals surface area (Å²) in [5, 5.41) is 8.85. The number of aromatic carboxylic acids is 1. The fraction of sp³-hybridized carbons (Fsp3) is 0. The highest BCUT2D eigenvalue weighted by molar-refractivity contribution is 7.71. The van der Waals surface area contributed by atoms with Crippen LogP contribution in [0.4, 0.5) is 0 Å². The minimum Gasteiger partial charge on any atom is -0.477 e. The van der Waals surface area contributed by atoms with E-state index in [9.17, 15) is 4.79 Å². The number of nitrogens with zero attached hydrogens (tertiary/aromatic N) is 2. The zero-order valence-electron chi connectivity index (χ0n) is 8.04. The summed E-state index contributed by atoms with van der Waals surface area (Å²) in [7, 11) is 0. The third kappa shape index (κ3) is 2.12. The Balaban J connectivity index is 2.58. The Bertz CT molecular complexity index is 580. The molecule has 2 aromatic heterocycles. The molecule has 0 saturated carbocycles. The topological polar surface area (TPSA) is 78.9 Å². The number of H-pyrrole nitrogens is 1. The van der Waals surface area contributed by atoms with E-state index in [0.29, 0.717) is 11.5 Å². The molecule has 2 heterocycles. The zero-order valence-corrected chi connectivity index (χ0v) is 8.86. The van der Waals surface area contributed by atoms with Crippen molar-refractivity contribution in [1.82, 2.24) is 15.0 Å². The number of rotatable bonds is 2. The maximum atomic E-state index is 10.8. The quantitative estimate of drug-likeness (QED) is 0.774. The van der Waals surface area contributed by atoms with Crippen molar-refractivity contribution in [1.29, 1.82) is 0 Å². The molecule has 0 bridgehead atoms. The molecule has 0 radical (unpaired) electrons. The molecule has 0 unspecified atom stereocenters. The first-order valence-corrected chi connectivity index (χ1v) is 4.84. The van der Waals surface area contributed by atoms with Gasteiger partial charge in [0.15, 0.2) is 5.82 Å². The smallest absolute Gasteiger partial charge is 0.352 e. The lowest BCUT2D eigenvalue weighted by Crippen LogP contribution is -2.03. The number of aromatic amines is 1. The highest BCUT2D eigenvalue weighted by Crippen LogP contribution is 2.11. The first kappa shape index (κ1) is 10.4. The molecular weight excluding hydrogens is 226 g/mol. The van der Waals surface area contributed by atoms with Crippen molar-refractivity contribution in [3.63, 3.8) is 0 Å². The van der Waals surface area contributed by atoms with Crippen LogP contribution >= 0.6 is 12.2 Å². The van der Waals surface area contributed by atoms with Gasteiger partial charge < -0.3 is 10.1 Å². The highest BCUT2D eigenvalue weighted by Gasteiger charge is 2.07. The van der Waals surface area contributed by atoms with Gasteiger partial charge in [-0.3, -0.25) is 4.98 Å². The van der Waals surface area contributed by atoms with Gasteiger partial charge in [-0.15, -0.1) is 0 Å². The molecule has 2 rings (SSSR count). The average molecular weight is 233 g/mol. The van der Waals surface area contributed by atoms with Crippen molar-refractivity contribution < 1.29 is 9.90 Å². The summed E-state index contributed by atoms with van der Waals surface area (Å²) in [4.78, 5) is 21.5. The number of carbonyl (C=O) groups is 1. The molecule has 0 saturated heterocycles. The number of aromatic nitrogens is 3. The van der Waals surface area contributed by atoms with Gasteiger partial charge in [0.1, 0.15) is 16.0 Å². The van der Waals surface area contributed by atoms with Crippen molar-refractivity contribution in [2.24, 2.45) is 0 Å². The summed E-state index contributed by atoms with van der Waals surface area (Å²) >= 11 is 4.88. The number of pyridine rings is 1. The lowest BCUT2D eigenvalue weighted by Gasteiger charge is -2.01. The van der Waals surface area contributed by atoms with Crippen molar-refractivity contribution in [3.8, 4) is 11.5 Å². The molecule has 0 aliphatic carbocycles. The van der Waals surface area contributed by atoms with E-state index in [4.69, 9.17) is 17.3 Å². The van der Waals surface area contributed by atoms with E-state index in [1.165, 1.54) is 6.07 Å². The number of carboxylic acid groups (broad SMARTS) is 1. The number of nitrogens with one attached hydrogen (secondary N) is 1. The van der Waals surface area contributed by atoms with Gasteiger partial charge in [0.2, 0.25) is 0 Å². The molecule has 80 valence electrons. The maximum Gasteiger partial charge on any atom is 0.352 e. The molecule has 2 aromatic rings. The number of hydrogen-bond acceptors (Lipinski definition) is 4. The van der Waals surface area contributed by atoms with E-state index in [-0.39, 0.29) is 10.3 Å². The Morgan fingerprint density at radius 2 is 2.25 bits per heavy atom. The summed E-state index contributed by atoms with van der Waals surface area (Å²) in [6.45, 7) is 0. The monoisotopic (exact) mass is 233 g/mol. The van der Waals surface area contributed by atoms with Crippen LogP contribution in [-0.4, -0.2) is 26.0 Å². The van der Waals surface area contributed by atoms with Crippen LogP contribution < -0.4 is 0 Å². The first-order chi connectivity index (χ1) is 7.66. The number of hydrogen-bond donors (Lipinski definition) is 2. The Hall–Kier alpha value is -2.08. The van der Waals surface area contributed by atoms with Gasteiger partial charge in [-0.2, -0.15) is 0 Å². The van der Waals surface area contributed by atoms with Crippen LogP contribution in [0.25, 0.3) is 11.5 Å². The molecular formula is C10H7N3O2S. The molecule has 16 heavy (non-hydrogen) atoms. The Labute approximate surface area is 95.8 Å². The normalized spacial score (nSPS) is 10.0. The Morgan fingerprint density at radius 3 is 2.88 bits per heavy atom. The van der Waals surface area contributed by atoms with Gasteiger partial charge >= 0.3 is 5.97 Å². The molecule has 5 nitrogen and oxygen atoms in total. The average Bonchev–Trinajstić information content (AvgIpc) is 2.29. The van der Waals surface area contributed by atoms with Crippen LogP contribution in [0.1, 0.15) is 10.5 Å². The summed E-state index contributed by atoms with van der Waals surface area (Å²) in [6, 6.07) is 6.57. The predicted molar refractivity (Wildman–Crippen MR) is 59.6 cm³/mol. The zero-order chi connectivity index (χ0) is 11.5. The van der Waals surface area contributed by atoms with Gasteiger partial charge in [-0.1, -0.05) is 18.3 Å². The Morgan fingerprint density at radius 1 is 1.44 bits per heavy atom. The van der Waals surface area contributed by atoms with Crippen molar-refractivity contribution in [2.75, 3.05) is 0 Å². The fourth-order valence-corrected chi connectivity index (χ4v) is 1.41. The molecule has 6 heteroatoms. The van der Waals surface area contributed by atoms with Gasteiger partial charge in [0, 0.05) is 12.3 Å². The predicted octanol–water partition coefficient (Wildman–Crippen LogP) is 1.90. The van der Waals surface area contributed by atoms with Crippen molar-refractivity contribution in [3.05, 3.63) is 40.8 Å².